The van der Waals surface area contributed by atoms with E-state index in [2.05, 4.69) is 9.34 Å². The SMILES string of the molecule is CS(=O)(=O)Oc1cc(CC(=O)OC(c2ccccc2)c2ccccc2)on1. The van der Waals surface area contributed by atoms with E-state index in [0.717, 1.165) is 17.4 Å². The molecule has 0 atom stereocenters. The summed E-state index contributed by atoms with van der Waals surface area (Å²) in [6.45, 7) is 0. The van der Waals surface area contributed by atoms with Gasteiger partial charge in [-0.1, -0.05) is 60.7 Å². The van der Waals surface area contributed by atoms with Crippen molar-refractivity contribution in [2.45, 2.75) is 12.5 Å². The molecular weight excluding hydrogens is 370 g/mol. The molecule has 27 heavy (non-hydrogen) atoms. The predicted octanol–water partition coefficient (Wildman–Crippen LogP) is 2.89. The summed E-state index contributed by atoms with van der Waals surface area (Å²) in [4.78, 5) is 12.4. The van der Waals surface area contributed by atoms with E-state index >= 15 is 0 Å². The van der Waals surface area contributed by atoms with Crippen LogP contribution in [0.3, 0.4) is 0 Å². The molecule has 0 spiro atoms. The maximum absolute atomic E-state index is 12.4. The van der Waals surface area contributed by atoms with Crippen LogP contribution >= 0.6 is 0 Å². The van der Waals surface area contributed by atoms with Crippen LogP contribution in [0.25, 0.3) is 0 Å². The molecule has 0 saturated heterocycles. The van der Waals surface area contributed by atoms with Gasteiger partial charge in [0, 0.05) is 6.07 Å². The third kappa shape index (κ3) is 5.42. The standard InChI is InChI=1S/C19H17NO6S/c1-27(22,23)26-17-12-16(25-20-17)13-18(21)24-19(14-8-4-2-5-9-14)15-10-6-3-7-11-15/h2-12,19H,13H2,1H3. The van der Waals surface area contributed by atoms with Crippen molar-refractivity contribution >= 4 is 16.1 Å². The lowest BCUT2D eigenvalue weighted by molar-refractivity contribution is -0.147. The molecule has 1 aromatic heterocycles. The number of esters is 1. The number of rotatable bonds is 7. The molecule has 3 rings (SSSR count). The molecule has 0 unspecified atom stereocenters. The lowest BCUT2D eigenvalue weighted by atomic mass is 10.0. The summed E-state index contributed by atoms with van der Waals surface area (Å²) >= 11 is 0. The van der Waals surface area contributed by atoms with Crippen LogP contribution in [0, 0.1) is 0 Å². The van der Waals surface area contributed by atoms with Crippen LogP contribution in [0.1, 0.15) is 23.0 Å². The molecule has 0 amide bonds. The average Bonchev–Trinajstić information content (AvgIpc) is 3.06. The molecule has 0 fully saturated rings. The summed E-state index contributed by atoms with van der Waals surface area (Å²) in [6.07, 6.45) is 0.102. The number of hydrogen-bond donors (Lipinski definition) is 0. The molecule has 0 bridgehead atoms. The van der Waals surface area contributed by atoms with E-state index in [0.29, 0.717) is 0 Å². The number of carbonyl (C=O) groups is 1. The van der Waals surface area contributed by atoms with Crippen molar-refractivity contribution in [3.05, 3.63) is 83.6 Å². The van der Waals surface area contributed by atoms with Gasteiger partial charge in [0.1, 0.15) is 6.42 Å². The Balaban J connectivity index is 1.74. The van der Waals surface area contributed by atoms with Crippen molar-refractivity contribution in [1.82, 2.24) is 5.16 Å². The van der Waals surface area contributed by atoms with E-state index in [4.69, 9.17) is 9.26 Å². The van der Waals surface area contributed by atoms with Gasteiger partial charge < -0.3 is 13.4 Å². The number of ether oxygens (including phenoxy) is 1. The number of carbonyl (C=O) groups excluding carboxylic acids is 1. The van der Waals surface area contributed by atoms with Crippen LogP contribution < -0.4 is 4.18 Å². The van der Waals surface area contributed by atoms with Crippen molar-refractivity contribution in [2.24, 2.45) is 0 Å². The fraction of sp³-hybridized carbons (Fsp3) is 0.158. The van der Waals surface area contributed by atoms with E-state index < -0.39 is 22.2 Å². The molecule has 0 N–H and O–H groups in total. The fourth-order valence-electron chi connectivity index (χ4n) is 2.47. The zero-order valence-electron chi connectivity index (χ0n) is 14.4. The van der Waals surface area contributed by atoms with Crippen LogP contribution in [-0.4, -0.2) is 25.8 Å². The maximum Gasteiger partial charge on any atom is 0.314 e. The highest BCUT2D eigenvalue weighted by molar-refractivity contribution is 7.86. The van der Waals surface area contributed by atoms with Gasteiger partial charge in [0.25, 0.3) is 5.88 Å². The number of hydrogen-bond acceptors (Lipinski definition) is 7. The molecule has 0 saturated carbocycles. The molecule has 0 aliphatic carbocycles. The van der Waals surface area contributed by atoms with Crippen molar-refractivity contribution in [1.29, 1.82) is 0 Å². The average molecular weight is 387 g/mol. The van der Waals surface area contributed by atoms with E-state index in [1.165, 1.54) is 6.07 Å². The van der Waals surface area contributed by atoms with Gasteiger partial charge in [-0.05, 0) is 16.3 Å². The van der Waals surface area contributed by atoms with Gasteiger partial charge in [0.2, 0.25) is 0 Å². The minimum Gasteiger partial charge on any atom is -0.452 e. The number of nitrogens with zero attached hydrogens (tertiary/aromatic N) is 1. The minimum absolute atomic E-state index is 0.138. The lowest BCUT2D eigenvalue weighted by Crippen LogP contribution is -2.14. The minimum atomic E-state index is -3.72. The van der Waals surface area contributed by atoms with E-state index in [-0.39, 0.29) is 18.1 Å². The fourth-order valence-corrected chi connectivity index (χ4v) is 2.86. The Kier molecular flexibility index (Phi) is 5.56. The van der Waals surface area contributed by atoms with E-state index in [1.54, 1.807) is 0 Å². The Morgan fingerprint density at radius 1 is 1.04 bits per heavy atom. The smallest absolute Gasteiger partial charge is 0.314 e. The van der Waals surface area contributed by atoms with Gasteiger partial charge in [-0.15, -0.1) is 0 Å². The van der Waals surface area contributed by atoms with Crippen LogP contribution in [0.15, 0.2) is 71.3 Å². The Bertz CT molecular complexity index is 959. The highest BCUT2D eigenvalue weighted by Crippen LogP contribution is 2.26. The third-order valence-corrected chi connectivity index (χ3v) is 4.02. The Morgan fingerprint density at radius 3 is 2.11 bits per heavy atom. The first-order valence-electron chi connectivity index (χ1n) is 8.05. The molecule has 0 aliphatic rings. The summed E-state index contributed by atoms with van der Waals surface area (Å²) in [5.41, 5.74) is 1.66. The van der Waals surface area contributed by atoms with Gasteiger partial charge >= 0.3 is 16.1 Å². The molecule has 0 aliphatic heterocycles. The Hall–Kier alpha value is -3.13. The molecule has 7 nitrogen and oxygen atoms in total. The Morgan fingerprint density at radius 2 is 1.59 bits per heavy atom. The topological polar surface area (TPSA) is 95.7 Å². The molecule has 0 radical (unpaired) electrons. The van der Waals surface area contributed by atoms with Gasteiger partial charge in [-0.2, -0.15) is 8.42 Å². The van der Waals surface area contributed by atoms with Gasteiger partial charge in [0.15, 0.2) is 11.9 Å². The van der Waals surface area contributed by atoms with Crippen LogP contribution in [-0.2, 0) is 26.1 Å². The highest BCUT2D eigenvalue weighted by atomic mass is 32.2. The van der Waals surface area contributed by atoms with Gasteiger partial charge in [0.05, 0.1) is 6.26 Å². The first kappa shape index (κ1) is 18.7. The summed E-state index contributed by atoms with van der Waals surface area (Å²) in [5.74, 6) is -0.642. The Labute approximate surface area is 156 Å². The molecular formula is C19H17NO6S. The monoisotopic (exact) mass is 387 g/mol. The van der Waals surface area contributed by atoms with Crippen LogP contribution in [0.4, 0.5) is 0 Å². The lowest BCUT2D eigenvalue weighted by Gasteiger charge is -2.18. The molecule has 140 valence electrons. The summed E-state index contributed by atoms with van der Waals surface area (Å²) in [5, 5.41) is 3.47. The van der Waals surface area contributed by atoms with Crippen LogP contribution in [0.2, 0.25) is 0 Å². The molecule has 8 heteroatoms. The largest absolute Gasteiger partial charge is 0.452 e. The van der Waals surface area contributed by atoms with Gasteiger partial charge in [-0.25, -0.2) is 0 Å². The second kappa shape index (κ2) is 8.05. The molecule has 3 aromatic rings. The second-order valence-electron chi connectivity index (χ2n) is 5.79. The summed E-state index contributed by atoms with van der Waals surface area (Å²) < 4.78 is 37.4. The number of benzene rings is 2. The summed E-state index contributed by atoms with van der Waals surface area (Å²) in [7, 11) is -3.72. The molecule has 2 aromatic carbocycles. The van der Waals surface area contributed by atoms with E-state index in [9.17, 15) is 13.2 Å². The normalized spacial score (nSPS) is 11.3. The predicted molar refractivity (Wildman–Crippen MR) is 96.5 cm³/mol. The van der Waals surface area contributed by atoms with Crippen molar-refractivity contribution in [2.75, 3.05) is 6.26 Å². The van der Waals surface area contributed by atoms with Crippen LogP contribution in [0.5, 0.6) is 5.88 Å². The number of aromatic nitrogens is 1. The maximum atomic E-state index is 12.4. The van der Waals surface area contributed by atoms with Crippen molar-refractivity contribution in [3.8, 4) is 5.88 Å². The summed E-state index contributed by atoms with van der Waals surface area (Å²) in [6, 6.07) is 20.0. The van der Waals surface area contributed by atoms with E-state index in [1.807, 2.05) is 60.7 Å². The zero-order valence-corrected chi connectivity index (χ0v) is 15.3. The first-order chi connectivity index (χ1) is 12.9. The first-order valence-corrected chi connectivity index (χ1v) is 9.87. The van der Waals surface area contributed by atoms with Crippen molar-refractivity contribution < 1.29 is 26.7 Å². The highest BCUT2D eigenvalue weighted by Gasteiger charge is 2.21. The third-order valence-electron chi connectivity index (χ3n) is 3.55. The van der Waals surface area contributed by atoms with Gasteiger partial charge in [-0.3, -0.25) is 4.79 Å². The zero-order chi connectivity index (χ0) is 19.3. The van der Waals surface area contributed by atoms with Crippen molar-refractivity contribution in [3.63, 3.8) is 0 Å². The molecule has 1 heterocycles. The second-order valence-corrected chi connectivity index (χ2v) is 7.36. The quantitative estimate of drug-likeness (QED) is 0.454.